The van der Waals surface area contributed by atoms with Crippen LogP contribution in [0, 0.1) is 11.4 Å². The molecule has 1 saturated heterocycles. The van der Waals surface area contributed by atoms with Crippen LogP contribution >= 0.6 is 11.9 Å². The second-order valence-corrected chi connectivity index (χ2v) is 8.50. The van der Waals surface area contributed by atoms with Gasteiger partial charge in [0.1, 0.15) is 5.69 Å². The van der Waals surface area contributed by atoms with Gasteiger partial charge < -0.3 is 9.62 Å². The van der Waals surface area contributed by atoms with Crippen LogP contribution in [0.15, 0.2) is 42.6 Å². The van der Waals surface area contributed by atoms with Gasteiger partial charge in [0.05, 0.1) is 23.3 Å². The van der Waals surface area contributed by atoms with Crippen LogP contribution in [0.25, 0.3) is 17.1 Å². The summed E-state index contributed by atoms with van der Waals surface area (Å²) in [5.41, 5.74) is 4.83. The van der Waals surface area contributed by atoms with Gasteiger partial charge in [-0.3, -0.25) is 0 Å². The lowest BCUT2D eigenvalue weighted by Gasteiger charge is -2.35. The van der Waals surface area contributed by atoms with Crippen molar-refractivity contribution in [2.45, 2.75) is 25.7 Å². The zero-order valence-electron chi connectivity index (χ0n) is 16.3. The molecule has 0 atom stereocenters. The van der Waals surface area contributed by atoms with Gasteiger partial charge in [-0.2, -0.15) is 4.39 Å². The molecule has 0 bridgehead atoms. The Hall–Kier alpha value is -2.61. The summed E-state index contributed by atoms with van der Waals surface area (Å²) in [4.78, 5) is 6.37. The first-order valence-corrected chi connectivity index (χ1v) is 11.1. The highest BCUT2D eigenvalue weighted by Gasteiger charge is 2.44. The zero-order valence-corrected chi connectivity index (χ0v) is 17.1. The van der Waals surface area contributed by atoms with Gasteiger partial charge >= 0.3 is 0 Å². The number of hydrogen-bond acceptors (Lipinski definition) is 6. The van der Waals surface area contributed by atoms with E-state index in [4.69, 9.17) is 0 Å². The monoisotopic (exact) mass is 410 g/mol. The van der Waals surface area contributed by atoms with E-state index in [1.807, 2.05) is 18.5 Å². The van der Waals surface area contributed by atoms with Crippen molar-refractivity contribution in [1.82, 2.24) is 20.0 Å². The summed E-state index contributed by atoms with van der Waals surface area (Å²) < 4.78 is 18.6. The molecular weight excluding hydrogens is 387 g/mol. The van der Waals surface area contributed by atoms with Crippen LogP contribution in [0.1, 0.15) is 25.7 Å². The lowest BCUT2D eigenvalue weighted by molar-refractivity contribution is 0.384. The van der Waals surface area contributed by atoms with Crippen molar-refractivity contribution < 1.29 is 4.39 Å². The van der Waals surface area contributed by atoms with E-state index in [1.54, 1.807) is 28.8 Å². The summed E-state index contributed by atoms with van der Waals surface area (Å²) in [5.74, 6) is -0.521. The topological polar surface area (TPSA) is 58.9 Å². The summed E-state index contributed by atoms with van der Waals surface area (Å²) in [7, 11) is 0. The lowest BCUT2D eigenvalue weighted by Crippen LogP contribution is -2.35. The molecule has 3 aromatic rings. The summed E-state index contributed by atoms with van der Waals surface area (Å²) in [6, 6.07) is 11.0. The van der Waals surface area contributed by atoms with Crippen LogP contribution in [-0.4, -0.2) is 39.3 Å². The first-order valence-electron chi connectivity index (χ1n) is 9.89. The molecule has 0 radical (unpaired) electrons. The molecule has 2 aliphatic rings. The van der Waals surface area contributed by atoms with Crippen LogP contribution < -0.4 is 9.62 Å². The minimum atomic E-state index is -0.521. The standard InChI is InChI=1S/C21H23FN6S/c1-29-25-15-5-6-18(19(13-15)27-11-9-21(7-8-21)10-12-27)28-14-17(24-26-28)16-3-2-4-20(22)23-16/h2-6,13-14,25H,7-12H2,1H3. The van der Waals surface area contributed by atoms with Gasteiger partial charge in [-0.1, -0.05) is 23.2 Å². The summed E-state index contributed by atoms with van der Waals surface area (Å²) in [5, 5.41) is 8.54. The fourth-order valence-electron chi connectivity index (χ4n) is 4.10. The van der Waals surface area contributed by atoms with Gasteiger partial charge in [-0.05, 0) is 61.4 Å². The van der Waals surface area contributed by atoms with Crippen LogP contribution in [0.2, 0.25) is 0 Å². The first-order chi connectivity index (χ1) is 14.2. The third-order valence-electron chi connectivity index (χ3n) is 6.03. The molecule has 1 saturated carbocycles. The second kappa shape index (κ2) is 7.33. The predicted molar refractivity (Wildman–Crippen MR) is 115 cm³/mol. The number of benzene rings is 1. The van der Waals surface area contributed by atoms with Gasteiger partial charge in [0.25, 0.3) is 0 Å². The molecule has 1 aliphatic heterocycles. The Balaban J connectivity index is 1.49. The number of rotatable bonds is 5. The molecule has 5 rings (SSSR count). The van der Waals surface area contributed by atoms with Crippen molar-refractivity contribution in [2.24, 2.45) is 5.41 Å². The van der Waals surface area contributed by atoms with Gasteiger partial charge in [0, 0.05) is 25.0 Å². The minimum absolute atomic E-state index is 0.479. The molecule has 2 aromatic heterocycles. The lowest BCUT2D eigenvalue weighted by atomic mass is 9.93. The van der Waals surface area contributed by atoms with Crippen LogP contribution in [0.3, 0.4) is 0 Å². The molecule has 0 unspecified atom stereocenters. The average molecular weight is 411 g/mol. The summed E-state index contributed by atoms with van der Waals surface area (Å²) in [6.07, 6.45) is 9.10. The van der Waals surface area contributed by atoms with E-state index in [2.05, 4.69) is 37.1 Å². The van der Waals surface area contributed by atoms with Crippen molar-refractivity contribution >= 4 is 23.3 Å². The Morgan fingerprint density at radius 3 is 2.59 bits per heavy atom. The van der Waals surface area contributed by atoms with Crippen molar-refractivity contribution in [3.05, 3.63) is 48.5 Å². The number of piperidine rings is 1. The molecular formula is C21H23FN6S. The van der Waals surface area contributed by atoms with E-state index >= 15 is 0 Å². The van der Waals surface area contributed by atoms with E-state index in [0.717, 1.165) is 30.2 Å². The van der Waals surface area contributed by atoms with Crippen LogP contribution in [0.4, 0.5) is 15.8 Å². The minimum Gasteiger partial charge on any atom is -0.370 e. The molecule has 29 heavy (non-hydrogen) atoms. The maximum Gasteiger partial charge on any atom is 0.213 e. The van der Waals surface area contributed by atoms with Gasteiger partial charge in [0.15, 0.2) is 0 Å². The fourth-order valence-corrected chi connectivity index (χ4v) is 4.46. The average Bonchev–Trinajstić information content (AvgIpc) is 3.30. The molecule has 8 heteroatoms. The van der Waals surface area contributed by atoms with Gasteiger partial charge in [-0.25, -0.2) is 9.67 Å². The largest absolute Gasteiger partial charge is 0.370 e. The van der Waals surface area contributed by atoms with Gasteiger partial charge in [-0.15, -0.1) is 5.10 Å². The second-order valence-electron chi connectivity index (χ2n) is 7.89. The van der Waals surface area contributed by atoms with Crippen LogP contribution in [0.5, 0.6) is 0 Å². The Kier molecular flexibility index (Phi) is 4.66. The highest BCUT2D eigenvalue weighted by Crippen LogP contribution is 2.54. The molecule has 1 spiro atoms. The number of halogens is 1. The third-order valence-corrected chi connectivity index (χ3v) is 6.47. The summed E-state index contributed by atoms with van der Waals surface area (Å²) in [6.45, 7) is 2.12. The molecule has 1 N–H and O–H groups in total. The molecule has 0 amide bonds. The Morgan fingerprint density at radius 1 is 1.03 bits per heavy atom. The number of pyridine rings is 1. The van der Waals surface area contributed by atoms with Crippen molar-refractivity contribution in [1.29, 1.82) is 0 Å². The SMILES string of the molecule is CSNc1ccc(-n2cc(-c3cccc(F)n3)nn2)c(N2CCC3(CC2)CC3)c1. The van der Waals surface area contributed by atoms with Crippen molar-refractivity contribution in [3.63, 3.8) is 0 Å². The summed E-state index contributed by atoms with van der Waals surface area (Å²) >= 11 is 1.58. The Morgan fingerprint density at radius 2 is 1.86 bits per heavy atom. The smallest absolute Gasteiger partial charge is 0.213 e. The van der Waals surface area contributed by atoms with E-state index in [1.165, 1.54) is 31.7 Å². The molecule has 6 nitrogen and oxygen atoms in total. The van der Waals surface area contributed by atoms with Crippen molar-refractivity contribution in [3.8, 4) is 17.1 Å². The molecule has 3 heterocycles. The van der Waals surface area contributed by atoms with Crippen LogP contribution in [-0.2, 0) is 0 Å². The molecule has 2 fully saturated rings. The number of nitrogens with zero attached hydrogens (tertiary/aromatic N) is 5. The molecule has 150 valence electrons. The first kappa shape index (κ1) is 18.4. The normalized spacial score (nSPS) is 17.5. The zero-order chi connectivity index (χ0) is 19.8. The number of nitrogens with one attached hydrogen (secondary N) is 1. The molecule has 1 aromatic carbocycles. The maximum atomic E-state index is 13.5. The van der Waals surface area contributed by atoms with Crippen molar-refractivity contribution in [2.75, 3.05) is 29.0 Å². The van der Waals surface area contributed by atoms with E-state index in [-0.39, 0.29) is 0 Å². The van der Waals surface area contributed by atoms with E-state index < -0.39 is 5.95 Å². The number of anilines is 2. The Labute approximate surface area is 173 Å². The highest BCUT2D eigenvalue weighted by molar-refractivity contribution is 7.99. The third kappa shape index (κ3) is 3.69. The predicted octanol–water partition coefficient (Wildman–Crippen LogP) is 4.54. The quantitative estimate of drug-likeness (QED) is 0.492. The molecule has 1 aliphatic carbocycles. The maximum absolute atomic E-state index is 13.5. The Bertz CT molecular complexity index is 1020. The van der Waals surface area contributed by atoms with E-state index in [9.17, 15) is 4.39 Å². The number of hydrogen-bond donors (Lipinski definition) is 1. The van der Waals surface area contributed by atoms with Gasteiger partial charge in [0.2, 0.25) is 5.95 Å². The van der Waals surface area contributed by atoms with E-state index in [0.29, 0.717) is 16.8 Å². The number of aromatic nitrogens is 4. The fraction of sp³-hybridized carbons (Fsp3) is 0.381. The highest BCUT2D eigenvalue weighted by atomic mass is 32.2.